The van der Waals surface area contributed by atoms with E-state index in [1.54, 1.807) is 0 Å². The number of carbonyl (C=O) groups is 1. The number of aliphatic carboxylic acids is 1. The van der Waals surface area contributed by atoms with Crippen molar-refractivity contribution >= 4 is 23.8 Å². The highest BCUT2D eigenvalue weighted by Crippen LogP contribution is 2.31. The van der Waals surface area contributed by atoms with Crippen LogP contribution in [0.3, 0.4) is 0 Å². The van der Waals surface area contributed by atoms with Gasteiger partial charge in [0.05, 0.1) is 17.7 Å². The van der Waals surface area contributed by atoms with Crippen LogP contribution in [0.2, 0.25) is 0 Å². The topological polar surface area (TPSA) is 71.5 Å². The molecule has 0 aliphatic rings. The number of nitrogens with one attached hydrogen (secondary N) is 1. The number of hydrogen-bond donors (Lipinski definition) is 2. The molecule has 1 aromatic heterocycles. The fraction of sp³-hybridized carbons (Fsp3) is 0.375. The molecule has 0 saturated heterocycles. The lowest BCUT2D eigenvalue weighted by Gasteiger charge is -2.26. The standard InChI is InChI=1S/C32H40N2O3/c1-3-32(4-2,31(35)36)22-23-33-29-18-11-16-27(25-29)20-21-28-17-12-19-30(34-28)37-24-10-6-9-15-26-13-7-5-8-14-26/h5,7-8,11-14,16-21,25,33H,3-4,6,9-10,15,22-24H2,1-2H3,(H,35,36). The molecule has 0 aliphatic carbocycles. The molecule has 0 radical (unpaired) electrons. The number of hydrogen-bond acceptors (Lipinski definition) is 4. The van der Waals surface area contributed by atoms with Crippen LogP contribution >= 0.6 is 0 Å². The van der Waals surface area contributed by atoms with Crippen LogP contribution in [0.1, 0.15) is 69.2 Å². The summed E-state index contributed by atoms with van der Waals surface area (Å²) in [6, 6.07) is 24.5. The third-order valence-electron chi connectivity index (χ3n) is 7.02. The van der Waals surface area contributed by atoms with Crippen LogP contribution in [-0.4, -0.2) is 29.2 Å². The second-order valence-electron chi connectivity index (χ2n) is 9.47. The van der Waals surface area contributed by atoms with Gasteiger partial charge in [0.2, 0.25) is 5.88 Å². The number of anilines is 1. The van der Waals surface area contributed by atoms with Crippen molar-refractivity contribution in [1.82, 2.24) is 4.98 Å². The van der Waals surface area contributed by atoms with E-state index in [9.17, 15) is 9.90 Å². The Morgan fingerprint density at radius 1 is 0.946 bits per heavy atom. The molecule has 0 unspecified atom stereocenters. The van der Waals surface area contributed by atoms with E-state index in [0.29, 0.717) is 38.3 Å². The summed E-state index contributed by atoms with van der Waals surface area (Å²) in [5, 5.41) is 13.0. The number of carboxylic acid groups (broad SMARTS) is 1. The summed E-state index contributed by atoms with van der Waals surface area (Å²) in [6.07, 6.45) is 10.3. The van der Waals surface area contributed by atoms with Gasteiger partial charge >= 0.3 is 5.97 Å². The van der Waals surface area contributed by atoms with E-state index in [4.69, 9.17) is 4.74 Å². The van der Waals surface area contributed by atoms with Crippen molar-refractivity contribution in [2.45, 2.75) is 58.8 Å². The van der Waals surface area contributed by atoms with Gasteiger partial charge in [-0.3, -0.25) is 4.79 Å². The van der Waals surface area contributed by atoms with Crippen LogP contribution in [0.25, 0.3) is 12.2 Å². The van der Waals surface area contributed by atoms with Gasteiger partial charge in [0.25, 0.3) is 0 Å². The number of rotatable bonds is 16. The van der Waals surface area contributed by atoms with Gasteiger partial charge in [-0.25, -0.2) is 4.98 Å². The maximum Gasteiger partial charge on any atom is 0.309 e. The zero-order chi connectivity index (χ0) is 26.3. The minimum absolute atomic E-state index is 0.596. The number of pyridine rings is 1. The molecule has 0 spiro atoms. The first-order valence-electron chi connectivity index (χ1n) is 13.4. The predicted octanol–water partition coefficient (Wildman–Crippen LogP) is 7.74. The summed E-state index contributed by atoms with van der Waals surface area (Å²) in [4.78, 5) is 16.3. The molecule has 2 aromatic carbocycles. The fourth-order valence-electron chi connectivity index (χ4n) is 4.43. The summed E-state index contributed by atoms with van der Waals surface area (Å²) in [7, 11) is 0. The monoisotopic (exact) mass is 500 g/mol. The second kappa shape index (κ2) is 14.8. The number of nitrogens with zero attached hydrogens (tertiary/aromatic N) is 1. The molecule has 1 heterocycles. The van der Waals surface area contributed by atoms with Crippen LogP contribution in [0, 0.1) is 5.41 Å². The number of unbranched alkanes of at least 4 members (excludes halogenated alkanes) is 2. The highest BCUT2D eigenvalue weighted by atomic mass is 16.5. The molecular formula is C32H40N2O3. The highest BCUT2D eigenvalue weighted by molar-refractivity contribution is 5.74. The minimum Gasteiger partial charge on any atom is -0.481 e. The number of aromatic nitrogens is 1. The third kappa shape index (κ3) is 9.09. The molecule has 2 N–H and O–H groups in total. The third-order valence-corrected chi connectivity index (χ3v) is 7.02. The Morgan fingerprint density at radius 3 is 2.49 bits per heavy atom. The Kier molecular flexibility index (Phi) is 11.2. The maximum atomic E-state index is 11.7. The van der Waals surface area contributed by atoms with Crippen molar-refractivity contribution < 1.29 is 14.6 Å². The Hall–Kier alpha value is -3.60. The van der Waals surface area contributed by atoms with Gasteiger partial charge in [0.1, 0.15) is 0 Å². The fourth-order valence-corrected chi connectivity index (χ4v) is 4.43. The first-order valence-corrected chi connectivity index (χ1v) is 13.4. The van der Waals surface area contributed by atoms with E-state index in [2.05, 4.69) is 46.7 Å². The van der Waals surface area contributed by atoms with Gasteiger partial charge < -0.3 is 15.2 Å². The minimum atomic E-state index is -0.710. The zero-order valence-electron chi connectivity index (χ0n) is 22.2. The molecule has 5 nitrogen and oxygen atoms in total. The number of ether oxygens (including phenoxy) is 1. The van der Waals surface area contributed by atoms with Gasteiger partial charge in [-0.1, -0.05) is 68.5 Å². The molecule has 0 saturated carbocycles. The van der Waals surface area contributed by atoms with Crippen LogP contribution in [0.5, 0.6) is 5.88 Å². The molecule has 0 fully saturated rings. The van der Waals surface area contributed by atoms with Crippen molar-refractivity contribution in [2.24, 2.45) is 5.41 Å². The molecule has 3 aromatic rings. The molecule has 5 heteroatoms. The normalized spacial score (nSPS) is 11.5. The lowest BCUT2D eigenvalue weighted by Crippen LogP contribution is -2.31. The lowest BCUT2D eigenvalue weighted by atomic mass is 9.79. The van der Waals surface area contributed by atoms with Crippen molar-refractivity contribution in [3.05, 3.63) is 89.6 Å². The summed E-state index contributed by atoms with van der Waals surface area (Å²) in [6.45, 7) is 5.19. The molecular weight excluding hydrogens is 460 g/mol. The molecule has 0 aliphatic heterocycles. The lowest BCUT2D eigenvalue weighted by molar-refractivity contribution is -0.149. The average Bonchev–Trinajstić information content (AvgIpc) is 2.93. The highest BCUT2D eigenvalue weighted by Gasteiger charge is 2.34. The average molecular weight is 501 g/mol. The summed E-state index contributed by atoms with van der Waals surface area (Å²) < 4.78 is 5.88. The van der Waals surface area contributed by atoms with Crippen LogP contribution in [-0.2, 0) is 11.2 Å². The van der Waals surface area contributed by atoms with E-state index in [0.717, 1.165) is 42.6 Å². The Labute approximate surface area is 221 Å². The van der Waals surface area contributed by atoms with Gasteiger partial charge in [0, 0.05) is 18.3 Å². The quantitative estimate of drug-likeness (QED) is 0.197. The molecule has 0 bridgehead atoms. The molecule has 0 atom stereocenters. The maximum absolute atomic E-state index is 11.7. The predicted molar refractivity (Wildman–Crippen MR) is 153 cm³/mol. The summed E-state index contributed by atoms with van der Waals surface area (Å²) in [5.74, 6) is -0.0628. The largest absolute Gasteiger partial charge is 0.481 e. The van der Waals surface area contributed by atoms with E-state index >= 15 is 0 Å². The smallest absolute Gasteiger partial charge is 0.309 e. The summed E-state index contributed by atoms with van der Waals surface area (Å²) in [5.41, 5.74) is 3.60. The number of carboxylic acids is 1. The van der Waals surface area contributed by atoms with E-state index in [-0.39, 0.29) is 0 Å². The first kappa shape index (κ1) is 28.0. The van der Waals surface area contributed by atoms with Gasteiger partial charge in [-0.15, -0.1) is 0 Å². The van der Waals surface area contributed by atoms with E-state index < -0.39 is 11.4 Å². The van der Waals surface area contributed by atoms with Crippen molar-refractivity contribution in [3.8, 4) is 5.88 Å². The van der Waals surface area contributed by atoms with Crippen LogP contribution in [0.15, 0.2) is 72.8 Å². The van der Waals surface area contributed by atoms with Gasteiger partial charge in [-0.05, 0) is 80.3 Å². The van der Waals surface area contributed by atoms with Crippen molar-refractivity contribution in [3.63, 3.8) is 0 Å². The SMILES string of the molecule is CCC(CC)(CCNc1cccc(C=Cc2cccc(OCCCCCc3ccccc3)n2)c1)C(=O)O. The Morgan fingerprint density at radius 2 is 1.73 bits per heavy atom. The second-order valence-corrected chi connectivity index (χ2v) is 9.47. The van der Waals surface area contributed by atoms with E-state index in [1.165, 1.54) is 5.56 Å². The summed E-state index contributed by atoms with van der Waals surface area (Å²) >= 11 is 0. The van der Waals surface area contributed by atoms with E-state index in [1.807, 2.05) is 62.4 Å². The molecule has 37 heavy (non-hydrogen) atoms. The van der Waals surface area contributed by atoms with Gasteiger partial charge in [-0.2, -0.15) is 0 Å². The number of benzene rings is 2. The number of aryl methyl sites for hydroxylation is 1. The molecule has 3 rings (SSSR count). The van der Waals surface area contributed by atoms with Crippen molar-refractivity contribution in [2.75, 3.05) is 18.5 Å². The van der Waals surface area contributed by atoms with Crippen molar-refractivity contribution in [1.29, 1.82) is 0 Å². The van der Waals surface area contributed by atoms with Crippen LogP contribution in [0.4, 0.5) is 5.69 Å². The Balaban J connectivity index is 1.45. The molecule has 196 valence electrons. The Bertz CT molecular complexity index is 1120. The zero-order valence-corrected chi connectivity index (χ0v) is 22.2. The first-order chi connectivity index (χ1) is 18.0. The van der Waals surface area contributed by atoms with Crippen LogP contribution < -0.4 is 10.1 Å². The molecule has 0 amide bonds. The van der Waals surface area contributed by atoms with Gasteiger partial charge in [0.15, 0.2) is 0 Å².